The number of hydrogen-bond donors (Lipinski definition) is 0. The van der Waals surface area contributed by atoms with Crippen LogP contribution in [0.2, 0.25) is 0 Å². The number of likely N-dealkylation sites (tertiary alicyclic amines) is 1. The minimum atomic E-state index is -0.357. The lowest BCUT2D eigenvalue weighted by Crippen LogP contribution is -2.39. The molecule has 0 spiro atoms. The van der Waals surface area contributed by atoms with Gasteiger partial charge in [-0.2, -0.15) is 0 Å². The highest BCUT2D eigenvalue weighted by Gasteiger charge is 2.28. The minimum Gasteiger partial charge on any atom is -0.460 e. The van der Waals surface area contributed by atoms with Crippen molar-refractivity contribution in [1.29, 1.82) is 0 Å². The first kappa shape index (κ1) is 16.0. The van der Waals surface area contributed by atoms with Gasteiger partial charge in [-0.05, 0) is 66.1 Å². The van der Waals surface area contributed by atoms with Crippen LogP contribution in [0, 0.1) is 5.92 Å². The maximum absolute atomic E-state index is 11.9. The minimum absolute atomic E-state index is 0.0115. The second kappa shape index (κ2) is 7.49. The zero-order chi connectivity index (χ0) is 13.6. The molecule has 0 radical (unpaired) electrons. The van der Waals surface area contributed by atoms with Crippen LogP contribution in [0.1, 0.15) is 46.5 Å². The number of carbonyl (C=O) groups excluding carboxylic acids is 1. The van der Waals surface area contributed by atoms with E-state index in [0.717, 1.165) is 37.8 Å². The van der Waals surface area contributed by atoms with Crippen LogP contribution in [0.3, 0.4) is 0 Å². The lowest BCUT2D eigenvalue weighted by Gasteiger charge is -2.32. The van der Waals surface area contributed by atoms with Crippen molar-refractivity contribution in [2.75, 3.05) is 25.0 Å². The smallest absolute Gasteiger partial charge is 0.309 e. The van der Waals surface area contributed by atoms with Gasteiger partial charge in [0.05, 0.1) is 5.92 Å². The lowest BCUT2D eigenvalue weighted by molar-refractivity contribution is -0.161. The Kier molecular flexibility index (Phi) is 6.64. The quantitative estimate of drug-likeness (QED) is 0.442. The Morgan fingerprint density at radius 2 is 1.89 bits per heavy atom. The normalized spacial score (nSPS) is 18.9. The summed E-state index contributed by atoms with van der Waals surface area (Å²) in [5.74, 6) is 0.0965. The summed E-state index contributed by atoms with van der Waals surface area (Å²) in [5, 5.41) is 1.08. The zero-order valence-corrected chi connectivity index (χ0v) is 13.5. The number of nitrogens with zero attached hydrogens (tertiary/aromatic N) is 1. The molecule has 0 N–H and O–H groups in total. The number of ether oxygens (including phenoxy) is 1. The van der Waals surface area contributed by atoms with Crippen LogP contribution in [-0.4, -0.2) is 41.4 Å². The van der Waals surface area contributed by atoms with E-state index in [0.29, 0.717) is 0 Å². The van der Waals surface area contributed by atoms with Gasteiger partial charge in [-0.3, -0.25) is 4.79 Å². The number of rotatable bonds is 5. The molecule has 3 nitrogen and oxygen atoms in total. The molecule has 4 heteroatoms. The third-order valence-electron chi connectivity index (χ3n) is 3.19. The van der Waals surface area contributed by atoms with E-state index in [1.54, 1.807) is 0 Å². The van der Waals surface area contributed by atoms with Crippen LogP contribution in [0.4, 0.5) is 0 Å². The monoisotopic (exact) mass is 319 g/mol. The molecule has 0 saturated carbocycles. The SMILES string of the molecule is CC(C)(C)OC(=O)C1CCN(CCCCBr)CC1. The van der Waals surface area contributed by atoms with Crippen LogP contribution in [0.25, 0.3) is 0 Å². The summed E-state index contributed by atoms with van der Waals surface area (Å²) in [7, 11) is 0. The van der Waals surface area contributed by atoms with Crippen LogP contribution in [0.15, 0.2) is 0 Å². The van der Waals surface area contributed by atoms with Crippen molar-refractivity contribution in [3.8, 4) is 0 Å². The van der Waals surface area contributed by atoms with Gasteiger partial charge in [0.2, 0.25) is 0 Å². The van der Waals surface area contributed by atoms with Gasteiger partial charge in [0.25, 0.3) is 0 Å². The molecular formula is C14H26BrNO2. The van der Waals surface area contributed by atoms with Crippen molar-refractivity contribution in [3.05, 3.63) is 0 Å². The van der Waals surface area contributed by atoms with E-state index in [9.17, 15) is 4.79 Å². The lowest BCUT2D eigenvalue weighted by atomic mass is 9.96. The van der Waals surface area contributed by atoms with E-state index in [4.69, 9.17) is 4.74 Å². The highest BCUT2D eigenvalue weighted by Crippen LogP contribution is 2.21. The Balaban J connectivity index is 2.24. The van der Waals surface area contributed by atoms with Crippen LogP contribution in [-0.2, 0) is 9.53 Å². The Morgan fingerprint density at radius 1 is 1.28 bits per heavy atom. The molecule has 0 aromatic rings. The molecule has 1 aliphatic rings. The standard InChI is InChI=1S/C14H26BrNO2/c1-14(2,3)18-13(17)12-6-10-16(11-7-12)9-5-4-8-15/h12H,4-11H2,1-3H3. The molecule has 0 amide bonds. The van der Waals surface area contributed by atoms with Crippen LogP contribution < -0.4 is 0 Å². The summed E-state index contributed by atoms with van der Waals surface area (Å²) in [6, 6.07) is 0. The summed E-state index contributed by atoms with van der Waals surface area (Å²) < 4.78 is 5.45. The van der Waals surface area contributed by atoms with Gasteiger partial charge in [-0.15, -0.1) is 0 Å². The van der Waals surface area contributed by atoms with Crippen molar-refractivity contribution in [3.63, 3.8) is 0 Å². The van der Waals surface area contributed by atoms with Gasteiger partial charge in [0.15, 0.2) is 0 Å². The van der Waals surface area contributed by atoms with Gasteiger partial charge >= 0.3 is 5.97 Å². The molecule has 18 heavy (non-hydrogen) atoms. The van der Waals surface area contributed by atoms with Gasteiger partial charge in [0.1, 0.15) is 5.60 Å². The van der Waals surface area contributed by atoms with E-state index in [-0.39, 0.29) is 17.5 Å². The van der Waals surface area contributed by atoms with E-state index >= 15 is 0 Å². The fraction of sp³-hybridized carbons (Fsp3) is 0.929. The molecule has 1 heterocycles. The largest absolute Gasteiger partial charge is 0.460 e. The summed E-state index contributed by atoms with van der Waals surface area (Å²) >= 11 is 3.45. The number of carbonyl (C=O) groups is 1. The molecule has 0 atom stereocenters. The average molecular weight is 320 g/mol. The first-order chi connectivity index (χ1) is 8.42. The van der Waals surface area contributed by atoms with Gasteiger partial charge in [-0.1, -0.05) is 15.9 Å². The molecule has 1 saturated heterocycles. The molecule has 0 aliphatic carbocycles. The van der Waals surface area contributed by atoms with Crippen molar-refractivity contribution < 1.29 is 9.53 Å². The van der Waals surface area contributed by atoms with Crippen molar-refractivity contribution in [2.24, 2.45) is 5.92 Å². The third-order valence-corrected chi connectivity index (χ3v) is 3.75. The fourth-order valence-electron chi connectivity index (χ4n) is 2.21. The predicted octanol–water partition coefficient (Wildman–Crippen LogP) is 3.22. The summed E-state index contributed by atoms with van der Waals surface area (Å²) in [5.41, 5.74) is -0.357. The van der Waals surface area contributed by atoms with Gasteiger partial charge in [0, 0.05) is 5.33 Å². The van der Waals surface area contributed by atoms with E-state index < -0.39 is 0 Å². The number of piperidine rings is 1. The highest BCUT2D eigenvalue weighted by molar-refractivity contribution is 9.09. The molecule has 1 aliphatic heterocycles. The number of unbranched alkanes of at least 4 members (excludes halogenated alkanes) is 1. The summed E-state index contributed by atoms with van der Waals surface area (Å²) in [4.78, 5) is 14.4. The number of esters is 1. The Labute approximate surface area is 119 Å². The number of alkyl halides is 1. The van der Waals surface area contributed by atoms with Gasteiger partial charge < -0.3 is 9.64 Å². The molecular weight excluding hydrogens is 294 g/mol. The summed E-state index contributed by atoms with van der Waals surface area (Å²) in [6.45, 7) is 9.02. The average Bonchev–Trinajstić information content (AvgIpc) is 2.28. The fourth-order valence-corrected chi connectivity index (χ4v) is 2.60. The second-order valence-corrected chi connectivity index (χ2v) is 6.84. The first-order valence-electron chi connectivity index (χ1n) is 6.93. The van der Waals surface area contributed by atoms with E-state index in [2.05, 4.69) is 20.8 Å². The molecule has 0 bridgehead atoms. The molecule has 1 fully saturated rings. The van der Waals surface area contributed by atoms with Crippen molar-refractivity contribution in [2.45, 2.75) is 52.1 Å². The maximum atomic E-state index is 11.9. The second-order valence-electron chi connectivity index (χ2n) is 6.05. The molecule has 0 unspecified atom stereocenters. The highest BCUT2D eigenvalue weighted by atomic mass is 79.9. The maximum Gasteiger partial charge on any atom is 0.309 e. The zero-order valence-electron chi connectivity index (χ0n) is 11.9. The van der Waals surface area contributed by atoms with Crippen molar-refractivity contribution >= 4 is 21.9 Å². The van der Waals surface area contributed by atoms with Crippen LogP contribution >= 0.6 is 15.9 Å². The number of halogens is 1. The topological polar surface area (TPSA) is 29.5 Å². The Bertz CT molecular complexity index is 255. The molecule has 106 valence electrons. The first-order valence-corrected chi connectivity index (χ1v) is 8.05. The third kappa shape index (κ3) is 6.19. The molecule has 0 aromatic heterocycles. The summed E-state index contributed by atoms with van der Waals surface area (Å²) in [6.07, 6.45) is 4.36. The van der Waals surface area contributed by atoms with Crippen LogP contribution in [0.5, 0.6) is 0 Å². The number of hydrogen-bond acceptors (Lipinski definition) is 3. The molecule has 1 rings (SSSR count). The van der Waals surface area contributed by atoms with Gasteiger partial charge in [-0.25, -0.2) is 0 Å². The Morgan fingerprint density at radius 3 is 2.39 bits per heavy atom. The van der Waals surface area contributed by atoms with E-state index in [1.165, 1.54) is 12.8 Å². The Hall–Kier alpha value is -0.0900. The predicted molar refractivity (Wildman–Crippen MR) is 78.0 cm³/mol. The van der Waals surface area contributed by atoms with Crippen molar-refractivity contribution in [1.82, 2.24) is 4.90 Å². The van der Waals surface area contributed by atoms with E-state index in [1.807, 2.05) is 20.8 Å². The molecule has 0 aromatic carbocycles.